The van der Waals surface area contributed by atoms with Crippen molar-refractivity contribution in [2.75, 3.05) is 53.1 Å². The van der Waals surface area contributed by atoms with Crippen LogP contribution in [0, 0.1) is 0 Å². The fourth-order valence-electron chi connectivity index (χ4n) is 4.61. The fourth-order valence-corrected chi connectivity index (χ4v) is 4.61. The number of likely N-dealkylation sites (tertiary alicyclic amines) is 2. The van der Waals surface area contributed by atoms with Crippen molar-refractivity contribution in [3.8, 4) is 17.2 Å². The summed E-state index contributed by atoms with van der Waals surface area (Å²) >= 11 is 0. The maximum absolute atomic E-state index is 13.3. The summed E-state index contributed by atoms with van der Waals surface area (Å²) in [5.74, 6) is 1.73. The Bertz CT molecular complexity index is 683. The van der Waals surface area contributed by atoms with Gasteiger partial charge in [-0.1, -0.05) is 0 Å². The van der Waals surface area contributed by atoms with Crippen LogP contribution in [0.4, 0.5) is 0 Å². The van der Waals surface area contributed by atoms with Crippen LogP contribution in [0.1, 0.15) is 56.8 Å². The molecule has 2 heterocycles. The SMILES string of the molecule is CCOc1cc(C(=O)N2CCC(N3CCC(OC)CC3)CC2)cc(OCC)c1OCC. The van der Waals surface area contributed by atoms with Gasteiger partial charge in [0.15, 0.2) is 11.5 Å². The number of hydrogen-bond acceptors (Lipinski definition) is 6. The molecule has 0 saturated carbocycles. The Kier molecular flexibility index (Phi) is 8.84. The number of benzene rings is 1. The van der Waals surface area contributed by atoms with Crippen molar-refractivity contribution in [3.05, 3.63) is 17.7 Å². The van der Waals surface area contributed by atoms with Crippen LogP contribution < -0.4 is 14.2 Å². The number of rotatable bonds is 9. The van der Waals surface area contributed by atoms with Crippen LogP contribution in [0.25, 0.3) is 0 Å². The minimum Gasteiger partial charge on any atom is -0.490 e. The number of nitrogens with zero attached hydrogens (tertiary/aromatic N) is 2. The van der Waals surface area contributed by atoms with Gasteiger partial charge in [0, 0.05) is 44.9 Å². The molecule has 3 rings (SSSR count). The molecule has 0 atom stereocenters. The number of hydrogen-bond donors (Lipinski definition) is 0. The van der Waals surface area contributed by atoms with Gasteiger partial charge in [-0.15, -0.1) is 0 Å². The van der Waals surface area contributed by atoms with Gasteiger partial charge in [-0.3, -0.25) is 4.79 Å². The summed E-state index contributed by atoms with van der Waals surface area (Å²) in [5.41, 5.74) is 0.592. The molecular formula is C24H38N2O5. The van der Waals surface area contributed by atoms with Crippen LogP contribution in [-0.4, -0.2) is 81.0 Å². The molecule has 1 aromatic carbocycles. The molecule has 0 unspecified atom stereocenters. The Balaban J connectivity index is 1.67. The first kappa shape index (κ1) is 23.7. The zero-order chi connectivity index (χ0) is 22.2. The lowest BCUT2D eigenvalue weighted by Crippen LogP contribution is -2.49. The van der Waals surface area contributed by atoms with Crippen LogP contribution in [0.3, 0.4) is 0 Å². The van der Waals surface area contributed by atoms with Crippen molar-refractivity contribution in [2.45, 2.75) is 58.6 Å². The number of ether oxygens (including phenoxy) is 4. The van der Waals surface area contributed by atoms with Gasteiger partial charge in [-0.2, -0.15) is 0 Å². The molecule has 2 aliphatic heterocycles. The molecule has 0 N–H and O–H groups in total. The van der Waals surface area contributed by atoms with E-state index in [-0.39, 0.29) is 5.91 Å². The van der Waals surface area contributed by atoms with Crippen LogP contribution >= 0.6 is 0 Å². The van der Waals surface area contributed by atoms with E-state index in [9.17, 15) is 4.79 Å². The molecule has 1 amide bonds. The van der Waals surface area contributed by atoms with E-state index >= 15 is 0 Å². The Morgan fingerprint density at radius 1 is 0.871 bits per heavy atom. The van der Waals surface area contributed by atoms with E-state index in [0.717, 1.165) is 51.9 Å². The van der Waals surface area contributed by atoms with Gasteiger partial charge in [0.25, 0.3) is 5.91 Å². The number of methoxy groups -OCH3 is 1. The van der Waals surface area contributed by atoms with Crippen LogP contribution in [0.15, 0.2) is 12.1 Å². The Labute approximate surface area is 186 Å². The molecule has 31 heavy (non-hydrogen) atoms. The topological polar surface area (TPSA) is 60.5 Å². The van der Waals surface area contributed by atoms with Crippen molar-refractivity contribution >= 4 is 5.91 Å². The minimum atomic E-state index is 0.0292. The van der Waals surface area contributed by atoms with Crippen molar-refractivity contribution in [1.29, 1.82) is 0 Å². The maximum atomic E-state index is 13.3. The predicted molar refractivity (Wildman–Crippen MR) is 120 cm³/mol. The zero-order valence-corrected chi connectivity index (χ0v) is 19.5. The van der Waals surface area contributed by atoms with Crippen LogP contribution in [0.2, 0.25) is 0 Å². The summed E-state index contributed by atoms with van der Waals surface area (Å²) < 4.78 is 22.8. The largest absolute Gasteiger partial charge is 0.490 e. The number of carbonyl (C=O) groups is 1. The third kappa shape index (κ3) is 5.83. The Morgan fingerprint density at radius 3 is 1.90 bits per heavy atom. The van der Waals surface area contributed by atoms with Crippen molar-refractivity contribution in [3.63, 3.8) is 0 Å². The lowest BCUT2D eigenvalue weighted by Gasteiger charge is -2.41. The molecule has 0 aliphatic carbocycles. The first-order chi connectivity index (χ1) is 15.1. The number of amides is 1. The predicted octanol–water partition coefficient (Wildman–Crippen LogP) is 3.60. The molecular weight excluding hydrogens is 396 g/mol. The second-order valence-corrected chi connectivity index (χ2v) is 8.10. The molecule has 0 aromatic heterocycles. The van der Waals surface area contributed by atoms with E-state index in [0.29, 0.717) is 54.8 Å². The highest BCUT2D eigenvalue weighted by Crippen LogP contribution is 2.39. The van der Waals surface area contributed by atoms with E-state index in [1.54, 1.807) is 19.2 Å². The van der Waals surface area contributed by atoms with E-state index in [4.69, 9.17) is 18.9 Å². The highest BCUT2D eigenvalue weighted by Gasteiger charge is 2.30. The average molecular weight is 435 g/mol. The maximum Gasteiger partial charge on any atom is 0.254 e. The summed E-state index contributed by atoms with van der Waals surface area (Å²) in [7, 11) is 1.80. The van der Waals surface area contributed by atoms with Gasteiger partial charge < -0.3 is 28.7 Å². The standard InChI is InChI=1S/C24H38N2O5/c1-5-29-21-16-18(17-22(30-6-2)23(21)31-7-3)24(27)26-12-8-19(9-13-26)25-14-10-20(28-4)11-15-25/h16-17,19-20H,5-15H2,1-4H3. The molecule has 174 valence electrons. The van der Waals surface area contributed by atoms with Gasteiger partial charge in [-0.25, -0.2) is 0 Å². The Morgan fingerprint density at radius 2 is 1.42 bits per heavy atom. The van der Waals surface area contributed by atoms with Crippen LogP contribution in [-0.2, 0) is 4.74 Å². The normalized spacial score (nSPS) is 18.8. The minimum absolute atomic E-state index is 0.0292. The third-order valence-corrected chi connectivity index (χ3v) is 6.23. The number of carbonyl (C=O) groups excluding carboxylic acids is 1. The first-order valence-corrected chi connectivity index (χ1v) is 11.7. The average Bonchev–Trinajstić information content (AvgIpc) is 2.81. The summed E-state index contributed by atoms with van der Waals surface area (Å²) in [4.78, 5) is 17.8. The van der Waals surface area contributed by atoms with E-state index in [1.807, 2.05) is 25.7 Å². The summed E-state index contributed by atoms with van der Waals surface area (Å²) in [6.07, 6.45) is 4.62. The molecule has 0 bridgehead atoms. The van der Waals surface area contributed by atoms with Gasteiger partial charge >= 0.3 is 0 Å². The smallest absolute Gasteiger partial charge is 0.254 e. The quantitative estimate of drug-likeness (QED) is 0.592. The van der Waals surface area contributed by atoms with E-state index in [2.05, 4.69) is 4.90 Å². The van der Waals surface area contributed by atoms with Crippen molar-refractivity contribution < 1.29 is 23.7 Å². The van der Waals surface area contributed by atoms with E-state index < -0.39 is 0 Å². The van der Waals surface area contributed by atoms with Crippen molar-refractivity contribution in [1.82, 2.24) is 9.80 Å². The van der Waals surface area contributed by atoms with Gasteiger partial charge in [0.05, 0.1) is 25.9 Å². The van der Waals surface area contributed by atoms with Crippen molar-refractivity contribution in [2.24, 2.45) is 0 Å². The lowest BCUT2D eigenvalue weighted by molar-refractivity contribution is 0.0145. The molecule has 7 nitrogen and oxygen atoms in total. The second-order valence-electron chi connectivity index (χ2n) is 8.10. The second kappa shape index (κ2) is 11.6. The molecule has 2 saturated heterocycles. The molecule has 0 radical (unpaired) electrons. The summed E-state index contributed by atoms with van der Waals surface area (Å²) in [5, 5.41) is 0. The van der Waals surface area contributed by atoms with E-state index in [1.165, 1.54) is 0 Å². The molecule has 2 fully saturated rings. The summed E-state index contributed by atoms with van der Waals surface area (Å²) in [6.45, 7) is 11.0. The highest BCUT2D eigenvalue weighted by molar-refractivity contribution is 5.95. The number of piperidine rings is 2. The van der Waals surface area contributed by atoms with Gasteiger partial charge in [-0.05, 0) is 58.6 Å². The molecule has 2 aliphatic rings. The third-order valence-electron chi connectivity index (χ3n) is 6.23. The highest BCUT2D eigenvalue weighted by atomic mass is 16.5. The van der Waals surface area contributed by atoms with Gasteiger partial charge in [0.2, 0.25) is 5.75 Å². The first-order valence-electron chi connectivity index (χ1n) is 11.7. The molecule has 1 aromatic rings. The molecule has 0 spiro atoms. The lowest BCUT2D eigenvalue weighted by atomic mass is 9.98. The van der Waals surface area contributed by atoms with Crippen LogP contribution in [0.5, 0.6) is 17.2 Å². The monoisotopic (exact) mass is 434 g/mol. The molecule has 7 heteroatoms. The van der Waals surface area contributed by atoms with Gasteiger partial charge in [0.1, 0.15) is 0 Å². The zero-order valence-electron chi connectivity index (χ0n) is 19.5. The summed E-state index contributed by atoms with van der Waals surface area (Å²) in [6, 6.07) is 4.14. The Hall–Kier alpha value is -1.99. The fraction of sp³-hybridized carbons (Fsp3) is 0.708.